The van der Waals surface area contributed by atoms with Gasteiger partial charge in [0.2, 0.25) is 0 Å². The highest BCUT2D eigenvalue weighted by Crippen LogP contribution is 2.12. The summed E-state index contributed by atoms with van der Waals surface area (Å²) in [5.41, 5.74) is 1.24. The molecule has 0 spiro atoms. The van der Waals surface area contributed by atoms with Crippen molar-refractivity contribution >= 4 is 15.9 Å². The Bertz CT molecular complexity index is 174. The third-order valence-corrected chi connectivity index (χ3v) is 2.92. The number of hydrogen-bond donors (Lipinski definition) is 0. The lowest BCUT2D eigenvalue weighted by Crippen LogP contribution is -2.46. The van der Waals surface area contributed by atoms with Crippen molar-refractivity contribution in [1.82, 2.24) is 4.90 Å². The summed E-state index contributed by atoms with van der Waals surface area (Å²) in [6, 6.07) is 0. The average molecular weight is 248 g/mol. The van der Waals surface area contributed by atoms with E-state index < -0.39 is 0 Å². The molecular weight excluding hydrogens is 230 g/mol. The van der Waals surface area contributed by atoms with Crippen LogP contribution >= 0.6 is 15.9 Å². The predicted octanol–water partition coefficient (Wildman–Crippen LogP) is 2.05. The Hall–Kier alpha value is 0.140. The Balaban J connectivity index is 2.37. The molecule has 0 bridgehead atoms. The molecule has 2 nitrogen and oxygen atoms in total. The fraction of sp³-hybridized carbons (Fsp3) is 0.800. The minimum atomic E-state index is 0.354. The average Bonchev–Trinajstić information content (AvgIpc) is 2.02. The summed E-state index contributed by atoms with van der Waals surface area (Å²) in [5.74, 6) is 0. The van der Waals surface area contributed by atoms with Gasteiger partial charge in [-0.2, -0.15) is 0 Å². The molecule has 1 aliphatic heterocycles. The lowest BCUT2D eigenvalue weighted by Gasteiger charge is -2.35. The van der Waals surface area contributed by atoms with Gasteiger partial charge >= 0.3 is 0 Å². The Morgan fingerprint density at radius 1 is 1.46 bits per heavy atom. The van der Waals surface area contributed by atoms with Crippen LogP contribution in [0.1, 0.15) is 13.8 Å². The molecule has 1 heterocycles. The maximum absolute atomic E-state index is 5.65. The molecule has 0 unspecified atom stereocenters. The third-order valence-electron chi connectivity index (χ3n) is 2.13. The van der Waals surface area contributed by atoms with Gasteiger partial charge in [-0.3, -0.25) is 4.90 Å². The van der Waals surface area contributed by atoms with Crippen LogP contribution in [0.2, 0.25) is 0 Å². The zero-order valence-corrected chi connectivity index (χ0v) is 10.0. The van der Waals surface area contributed by atoms with Gasteiger partial charge in [-0.1, -0.05) is 28.1 Å². The highest BCUT2D eigenvalue weighted by molar-refractivity contribution is 9.09. The maximum Gasteiger partial charge on any atom is 0.0678 e. The van der Waals surface area contributed by atoms with Gasteiger partial charge in [-0.15, -0.1) is 0 Å². The van der Waals surface area contributed by atoms with E-state index in [1.54, 1.807) is 0 Å². The van der Waals surface area contributed by atoms with Crippen LogP contribution < -0.4 is 0 Å². The zero-order chi connectivity index (χ0) is 9.84. The van der Waals surface area contributed by atoms with Gasteiger partial charge in [0.25, 0.3) is 0 Å². The van der Waals surface area contributed by atoms with E-state index in [9.17, 15) is 0 Å². The fourth-order valence-electron chi connectivity index (χ4n) is 1.77. The molecule has 13 heavy (non-hydrogen) atoms. The van der Waals surface area contributed by atoms with E-state index in [-0.39, 0.29) is 0 Å². The molecule has 0 aromatic carbocycles. The molecule has 1 saturated heterocycles. The highest BCUT2D eigenvalue weighted by Gasteiger charge is 2.21. The van der Waals surface area contributed by atoms with E-state index in [2.05, 4.69) is 41.3 Å². The van der Waals surface area contributed by atoms with E-state index in [4.69, 9.17) is 4.74 Å². The van der Waals surface area contributed by atoms with Crippen LogP contribution in [0.3, 0.4) is 0 Å². The largest absolute Gasteiger partial charge is 0.373 e. The van der Waals surface area contributed by atoms with Gasteiger partial charge in [-0.25, -0.2) is 0 Å². The molecule has 0 aromatic heterocycles. The molecule has 1 fully saturated rings. The van der Waals surface area contributed by atoms with Crippen LogP contribution in [0.5, 0.6) is 0 Å². The van der Waals surface area contributed by atoms with E-state index in [0.29, 0.717) is 12.2 Å². The standard InChI is InChI=1S/C10H18BrNO/c1-8(4-11)5-12-6-9(2)13-10(3)7-12/h9-10H,1,4-7H2,2-3H3/t9-,10+. The molecule has 76 valence electrons. The van der Waals surface area contributed by atoms with Crippen LogP contribution in [0.4, 0.5) is 0 Å². The first-order valence-electron chi connectivity index (χ1n) is 4.72. The first-order valence-corrected chi connectivity index (χ1v) is 5.84. The summed E-state index contributed by atoms with van der Waals surface area (Å²) in [5, 5.41) is 0.896. The highest BCUT2D eigenvalue weighted by atomic mass is 79.9. The molecule has 1 rings (SSSR count). The maximum atomic E-state index is 5.65. The third kappa shape index (κ3) is 3.79. The molecular formula is C10H18BrNO. The van der Waals surface area contributed by atoms with Gasteiger partial charge in [-0.05, 0) is 13.8 Å². The van der Waals surface area contributed by atoms with Gasteiger partial charge in [0, 0.05) is 25.0 Å². The predicted molar refractivity (Wildman–Crippen MR) is 59.4 cm³/mol. The Morgan fingerprint density at radius 3 is 2.46 bits per heavy atom. The molecule has 0 aliphatic carbocycles. The molecule has 3 heteroatoms. The summed E-state index contributed by atoms with van der Waals surface area (Å²) in [6.45, 7) is 11.3. The fourth-order valence-corrected chi connectivity index (χ4v) is 1.95. The lowest BCUT2D eigenvalue weighted by molar-refractivity contribution is -0.0652. The van der Waals surface area contributed by atoms with Crippen LogP contribution in [0.25, 0.3) is 0 Å². The normalized spacial score (nSPS) is 30.4. The number of nitrogens with zero attached hydrogens (tertiary/aromatic N) is 1. The number of ether oxygens (including phenoxy) is 1. The number of alkyl halides is 1. The zero-order valence-electron chi connectivity index (χ0n) is 8.42. The van der Waals surface area contributed by atoms with Crippen molar-refractivity contribution in [3.8, 4) is 0 Å². The molecule has 0 radical (unpaired) electrons. The summed E-state index contributed by atoms with van der Waals surface area (Å²) < 4.78 is 5.65. The first kappa shape index (κ1) is 11.2. The molecule has 1 aliphatic rings. The van der Waals surface area contributed by atoms with Gasteiger partial charge in [0.1, 0.15) is 0 Å². The molecule has 0 aromatic rings. The SMILES string of the molecule is C=C(CBr)CN1C[C@@H](C)O[C@@H](C)C1. The van der Waals surface area contributed by atoms with E-state index in [1.807, 2.05) is 0 Å². The van der Waals surface area contributed by atoms with Crippen LogP contribution in [-0.4, -0.2) is 42.1 Å². The Labute approximate surface area is 89.1 Å². The molecule has 0 saturated carbocycles. The molecule has 2 atom stereocenters. The van der Waals surface area contributed by atoms with Crippen LogP contribution in [0, 0.1) is 0 Å². The van der Waals surface area contributed by atoms with Crippen molar-refractivity contribution in [3.63, 3.8) is 0 Å². The van der Waals surface area contributed by atoms with Crippen molar-refractivity contribution in [2.45, 2.75) is 26.1 Å². The second kappa shape index (κ2) is 5.13. The minimum absolute atomic E-state index is 0.354. The van der Waals surface area contributed by atoms with E-state index >= 15 is 0 Å². The van der Waals surface area contributed by atoms with Crippen molar-refractivity contribution < 1.29 is 4.74 Å². The van der Waals surface area contributed by atoms with Crippen molar-refractivity contribution in [1.29, 1.82) is 0 Å². The van der Waals surface area contributed by atoms with Crippen LogP contribution in [-0.2, 0) is 4.74 Å². The van der Waals surface area contributed by atoms with Gasteiger partial charge < -0.3 is 4.74 Å². The second-order valence-electron chi connectivity index (χ2n) is 3.84. The van der Waals surface area contributed by atoms with Crippen molar-refractivity contribution in [2.24, 2.45) is 0 Å². The number of hydrogen-bond acceptors (Lipinski definition) is 2. The van der Waals surface area contributed by atoms with Crippen LogP contribution in [0.15, 0.2) is 12.2 Å². The second-order valence-corrected chi connectivity index (χ2v) is 4.40. The molecule has 0 N–H and O–H groups in total. The lowest BCUT2D eigenvalue weighted by atomic mass is 10.2. The summed E-state index contributed by atoms with van der Waals surface area (Å²) in [6.07, 6.45) is 0.707. The van der Waals surface area contributed by atoms with Crippen molar-refractivity contribution in [3.05, 3.63) is 12.2 Å². The van der Waals surface area contributed by atoms with Gasteiger partial charge in [0.15, 0.2) is 0 Å². The first-order chi connectivity index (χ1) is 6.11. The number of morpholine rings is 1. The monoisotopic (exact) mass is 247 g/mol. The number of rotatable bonds is 3. The van der Waals surface area contributed by atoms with E-state index in [0.717, 1.165) is 25.0 Å². The quantitative estimate of drug-likeness (QED) is 0.560. The Kier molecular flexibility index (Phi) is 4.42. The smallest absolute Gasteiger partial charge is 0.0678 e. The summed E-state index contributed by atoms with van der Waals surface area (Å²) >= 11 is 3.41. The summed E-state index contributed by atoms with van der Waals surface area (Å²) in [7, 11) is 0. The number of halogens is 1. The van der Waals surface area contributed by atoms with E-state index in [1.165, 1.54) is 5.57 Å². The Morgan fingerprint density at radius 2 is 2.00 bits per heavy atom. The topological polar surface area (TPSA) is 12.5 Å². The van der Waals surface area contributed by atoms with Gasteiger partial charge in [0.05, 0.1) is 12.2 Å². The van der Waals surface area contributed by atoms with Crippen molar-refractivity contribution in [2.75, 3.05) is 25.0 Å². The summed E-state index contributed by atoms with van der Waals surface area (Å²) in [4.78, 5) is 2.41. The molecule has 0 amide bonds. The minimum Gasteiger partial charge on any atom is -0.373 e.